The van der Waals surface area contributed by atoms with Gasteiger partial charge in [0.15, 0.2) is 0 Å². The van der Waals surface area contributed by atoms with Crippen LogP contribution in [0.5, 0.6) is 0 Å². The molecular formula is C16H23NO3. The highest BCUT2D eigenvalue weighted by atomic mass is 16.5. The molecule has 0 aliphatic heterocycles. The third kappa shape index (κ3) is 5.03. The van der Waals surface area contributed by atoms with Gasteiger partial charge in [-0.2, -0.15) is 0 Å². The third-order valence-corrected chi connectivity index (χ3v) is 3.25. The van der Waals surface area contributed by atoms with Crippen molar-refractivity contribution in [2.45, 2.75) is 32.6 Å². The number of hydrogen-bond acceptors (Lipinski definition) is 3. The van der Waals surface area contributed by atoms with E-state index < -0.39 is 0 Å². The molecule has 110 valence electrons. The number of benzene rings is 1. The summed E-state index contributed by atoms with van der Waals surface area (Å²) in [5, 5.41) is 0. The molecular weight excluding hydrogens is 254 g/mol. The van der Waals surface area contributed by atoms with Crippen LogP contribution in [0.4, 0.5) is 0 Å². The Bertz CT molecular complexity index is 440. The smallest absolute Gasteiger partial charge is 0.307 e. The van der Waals surface area contributed by atoms with E-state index in [1.165, 1.54) is 17.6 Å². The van der Waals surface area contributed by atoms with E-state index in [-0.39, 0.29) is 18.3 Å². The monoisotopic (exact) mass is 277 g/mol. The Morgan fingerprint density at radius 1 is 1.20 bits per heavy atom. The number of rotatable bonds is 7. The molecule has 0 aromatic heterocycles. The summed E-state index contributed by atoms with van der Waals surface area (Å²) in [5.74, 6) is -0.379. The molecule has 1 rings (SSSR count). The number of hydrogen-bond donors (Lipinski definition) is 0. The molecule has 4 heteroatoms. The second kappa shape index (κ2) is 8.35. The number of carbonyl (C=O) groups is 2. The first kappa shape index (κ1) is 16.2. The van der Waals surface area contributed by atoms with Crippen LogP contribution < -0.4 is 0 Å². The highest BCUT2D eigenvalue weighted by Crippen LogP contribution is 2.10. The van der Waals surface area contributed by atoms with Crippen LogP contribution in [0.15, 0.2) is 24.3 Å². The van der Waals surface area contributed by atoms with Gasteiger partial charge in [0.05, 0.1) is 13.5 Å². The van der Waals surface area contributed by atoms with Crippen LogP contribution >= 0.6 is 0 Å². The lowest BCUT2D eigenvalue weighted by Gasteiger charge is -2.16. The normalized spacial score (nSPS) is 10.2. The summed E-state index contributed by atoms with van der Waals surface area (Å²) in [6, 6.07) is 7.69. The Morgan fingerprint density at radius 2 is 1.85 bits per heavy atom. The van der Waals surface area contributed by atoms with Crippen molar-refractivity contribution in [2.75, 3.05) is 20.7 Å². The zero-order valence-electron chi connectivity index (χ0n) is 12.5. The quantitative estimate of drug-likeness (QED) is 0.720. The first-order valence-electron chi connectivity index (χ1n) is 6.99. The van der Waals surface area contributed by atoms with Gasteiger partial charge in [-0.15, -0.1) is 0 Å². The Kier molecular flexibility index (Phi) is 6.77. The van der Waals surface area contributed by atoms with E-state index in [0.717, 1.165) is 19.3 Å². The molecule has 0 saturated carbocycles. The minimum Gasteiger partial charge on any atom is -0.469 e. The molecule has 4 nitrogen and oxygen atoms in total. The van der Waals surface area contributed by atoms with Gasteiger partial charge in [0.25, 0.3) is 5.91 Å². The van der Waals surface area contributed by atoms with Crippen LogP contribution in [0.2, 0.25) is 0 Å². The first-order valence-corrected chi connectivity index (χ1v) is 6.99. The molecule has 0 heterocycles. The third-order valence-electron chi connectivity index (χ3n) is 3.25. The second-order valence-electron chi connectivity index (χ2n) is 4.85. The maximum Gasteiger partial charge on any atom is 0.307 e. The number of esters is 1. The number of ether oxygens (including phenoxy) is 1. The Balaban J connectivity index is 2.55. The van der Waals surface area contributed by atoms with E-state index in [4.69, 9.17) is 0 Å². The molecule has 20 heavy (non-hydrogen) atoms. The lowest BCUT2D eigenvalue weighted by atomic mass is 10.1. The molecule has 0 spiro atoms. The maximum absolute atomic E-state index is 12.1. The Labute approximate surface area is 120 Å². The fraction of sp³-hybridized carbons (Fsp3) is 0.500. The van der Waals surface area contributed by atoms with E-state index in [2.05, 4.69) is 11.7 Å². The van der Waals surface area contributed by atoms with Crippen molar-refractivity contribution < 1.29 is 14.3 Å². The van der Waals surface area contributed by atoms with Crippen LogP contribution in [0.3, 0.4) is 0 Å². The predicted molar refractivity (Wildman–Crippen MR) is 78.6 cm³/mol. The van der Waals surface area contributed by atoms with Gasteiger partial charge in [0, 0.05) is 19.2 Å². The average molecular weight is 277 g/mol. The van der Waals surface area contributed by atoms with Crippen molar-refractivity contribution in [1.29, 1.82) is 0 Å². The Hall–Kier alpha value is -1.84. The largest absolute Gasteiger partial charge is 0.469 e. The summed E-state index contributed by atoms with van der Waals surface area (Å²) < 4.78 is 4.56. The molecule has 0 aliphatic carbocycles. The highest BCUT2D eigenvalue weighted by Gasteiger charge is 2.13. The highest BCUT2D eigenvalue weighted by molar-refractivity contribution is 5.94. The number of carbonyl (C=O) groups excluding carboxylic acids is 2. The van der Waals surface area contributed by atoms with Crippen molar-refractivity contribution in [2.24, 2.45) is 0 Å². The van der Waals surface area contributed by atoms with Crippen molar-refractivity contribution >= 4 is 11.9 Å². The zero-order valence-corrected chi connectivity index (χ0v) is 12.5. The van der Waals surface area contributed by atoms with Gasteiger partial charge in [0.1, 0.15) is 0 Å². The number of nitrogens with zero attached hydrogens (tertiary/aromatic N) is 1. The molecule has 0 aliphatic rings. The zero-order chi connectivity index (χ0) is 15.0. The molecule has 0 atom stereocenters. The van der Waals surface area contributed by atoms with Crippen molar-refractivity contribution in [1.82, 2.24) is 4.90 Å². The van der Waals surface area contributed by atoms with Crippen LogP contribution in [0, 0.1) is 0 Å². The van der Waals surface area contributed by atoms with Crippen molar-refractivity contribution in [3.63, 3.8) is 0 Å². The van der Waals surface area contributed by atoms with Gasteiger partial charge >= 0.3 is 5.97 Å². The van der Waals surface area contributed by atoms with E-state index in [1.807, 2.05) is 24.3 Å². The predicted octanol–water partition coefficient (Wildman–Crippen LogP) is 2.66. The fourth-order valence-corrected chi connectivity index (χ4v) is 1.88. The SMILES string of the molecule is CCCCc1ccc(C(=O)N(C)CCC(=O)OC)cc1. The van der Waals surface area contributed by atoms with Gasteiger partial charge in [-0.05, 0) is 30.5 Å². The molecule has 0 saturated heterocycles. The van der Waals surface area contributed by atoms with Gasteiger partial charge in [0.2, 0.25) is 0 Å². The van der Waals surface area contributed by atoms with Crippen LogP contribution in [0.1, 0.15) is 42.1 Å². The molecule has 0 fully saturated rings. The van der Waals surface area contributed by atoms with Crippen molar-refractivity contribution in [3.8, 4) is 0 Å². The van der Waals surface area contributed by atoms with Gasteiger partial charge in [-0.25, -0.2) is 0 Å². The number of aryl methyl sites for hydroxylation is 1. The van der Waals surface area contributed by atoms with E-state index >= 15 is 0 Å². The minimum atomic E-state index is -0.306. The van der Waals surface area contributed by atoms with E-state index in [1.54, 1.807) is 7.05 Å². The summed E-state index contributed by atoms with van der Waals surface area (Å²) in [4.78, 5) is 24.7. The topological polar surface area (TPSA) is 46.6 Å². The van der Waals surface area contributed by atoms with Crippen LogP contribution in [-0.4, -0.2) is 37.5 Å². The summed E-state index contributed by atoms with van der Waals surface area (Å²) in [6.45, 7) is 2.53. The number of amides is 1. The standard InChI is InChI=1S/C16H23NO3/c1-4-5-6-13-7-9-14(10-8-13)16(19)17(2)12-11-15(18)20-3/h7-10H,4-6,11-12H2,1-3H3. The fourth-order valence-electron chi connectivity index (χ4n) is 1.88. The summed E-state index contributed by atoms with van der Waals surface area (Å²) in [5.41, 5.74) is 1.90. The summed E-state index contributed by atoms with van der Waals surface area (Å²) in [6.07, 6.45) is 3.58. The van der Waals surface area contributed by atoms with Gasteiger partial charge < -0.3 is 9.64 Å². The molecule has 0 unspecified atom stereocenters. The Morgan fingerprint density at radius 3 is 2.40 bits per heavy atom. The second-order valence-corrected chi connectivity index (χ2v) is 4.85. The summed E-state index contributed by atoms with van der Waals surface area (Å²) in [7, 11) is 3.04. The molecule has 1 aromatic rings. The molecule has 1 aromatic carbocycles. The molecule has 0 N–H and O–H groups in total. The minimum absolute atomic E-state index is 0.0732. The lowest BCUT2D eigenvalue weighted by Crippen LogP contribution is -2.29. The van der Waals surface area contributed by atoms with Crippen molar-refractivity contribution in [3.05, 3.63) is 35.4 Å². The molecule has 0 bridgehead atoms. The van der Waals surface area contributed by atoms with E-state index in [9.17, 15) is 9.59 Å². The number of unbranched alkanes of at least 4 members (excludes halogenated alkanes) is 1. The summed E-state index contributed by atoms with van der Waals surface area (Å²) >= 11 is 0. The number of methoxy groups -OCH3 is 1. The van der Waals surface area contributed by atoms with Gasteiger partial charge in [-0.3, -0.25) is 9.59 Å². The molecule has 0 radical (unpaired) electrons. The lowest BCUT2D eigenvalue weighted by molar-refractivity contribution is -0.140. The first-order chi connectivity index (χ1) is 9.58. The average Bonchev–Trinajstić information content (AvgIpc) is 2.49. The van der Waals surface area contributed by atoms with E-state index in [0.29, 0.717) is 12.1 Å². The van der Waals surface area contributed by atoms with Gasteiger partial charge in [-0.1, -0.05) is 25.5 Å². The van der Waals surface area contributed by atoms with Crippen LogP contribution in [-0.2, 0) is 16.0 Å². The maximum atomic E-state index is 12.1. The molecule has 1 amide bonds. The van der Waals surface area contributed by atoms with Crippen LogP contribution in [0.25, 0.3) is 0 Å².